The Balaban J connectivity index is 4.50. The first kappa shape index (κ1) is 19.0. The van der Waals surface area contributed by atoms with Crippen LogP contribution < -0.4 is 0 Å². The van der Waals surface area contributed by atoms with Gasteiger partial charge in [0.15, 0.2) is 0 Å². The predicted molar refractivity (Wildman–Crippen MR) is 86.4 cm³/mol. The molecule has 0 bridgehead atoms. The van der Waals surface area contributed by atoms with Crippen molar-refractivity contribution in [3.8, 4) is 0 Å². The highest BCUT2D eigenvalue weighted by atomic mass is 16.3. The van der Waals surface area contributed by atoms with Gasteiger partial charge in [0.1, 0.15) is 0 Å². The van der Waals surface area contributed by atoms with Crippen LogP contribution in [-0.4, -0.2) is 10.7 Å². The molecule has 1 atom stereocenters. The van der Waals surface area contributed by atoms with Crippen LogP contribution in [0.4, 0.5) is 0 Å². The molecule has 0 amide bonds. The predicted octanol–water partition coefficient (Wildman–Crippen LogP) is 5.81. The fourth-order valence-corrected chi connectivity index (χ4v) is 3.56. The number of unbranched alkanes of at least 4 members (excludes halogenated alkanes) is 4. The third-order valence-electron chi connectivity index (χ3n) is 4.80. The summed E-state index contributed by atoms with van der Waals surface area (Å²) < 4.78 is 0. The largest absolute Gasteiger partial charge is 0.389 e. The molecule has 0 rings (SSSR count). The lowest BCUT2D eigenvalue weighted by molar-refractivity contribution is -0.102. The number of hydrogen-bond donors (Lipinski definition) is 1. The van der Waals surface area contributed by atoms with E-state index in [1.165, 1.54) is 51.4 Å². The molecule has 0 radical (unpaired) electrons. The van der Waals surface area contributed by atoms with Crippen molar-refractivity contribution in [2.24, 2.45) is 17.8 Å². The van der Waals surface area contributed by atoms with Crippen LogP contribution in [0.15, 0.2) is 0 Å². The molecule has 0 fully saturated rings. The second-order valence-electron chi connectivity index (χ2n) is 6.89. The molecule has 1 unspecified atom stereocenters. The zero-order chi connectivity index (χ0) is 14.9. The lowest BCUT2D eigenvalue weighted by atomic mass is 9.68. The van der Waals surface area contributed by atoms with E-state index in [0.717, 1.165) is 0 Å². The molecule has 0 heterocycles. The molecule has 0 spiro atoms. The lowest BCUT2D eigenvalue weighted by Gasteiger charge is -2.43. The minimum atomic E-state index is -0.485. The molecule has 1 N–H and O–H groups in total. The second-order valence-corrected chi connectivity index (χ2v) is 6.89. The van der Waals surface area contributed by atoms with Gasteiger partial charge in [0.25, 0.3) is 0 Å². The molecule has 0 aromatic heterocycles. The molecule has 0 aliphatic heterocycles. The van der Waals surface area contributed by atoms with Crippen LogP contribution in [0, 0.1) is 17.8 Å². The highest BCUT2D eigenvalue weighted by molar-refractivity contribution is 4.91. The van der Waals surface area contributed by atoms with Crippen molar-refractivity contribution in [1.82, 2.24) is 0 Å². The molecule has 0 aliphatic rings. The lowest BCUT2D eigenvalue weighted by Crippen LogP contribution is -2.47. The van der Waals surface area contributed by atoms with Gasteiger partial charge in [-0.05, 0) is 30.6 Å². The van der Waals surface area contributed by atoms with Crippen molar-refractivity contribution in [2.45, 2.75) is 98.5 Å². The number of rotatable bonds is 11. The number of aliphatic hydroxyl groups is 1. The Morgan fingerprint density at radius 2 is 1.26 bits per heavy atom. The maximum absolute atomic E-state index is 11.2. The minimum absolute atomic E-state index is 0.347. The summed E-state index contributed by atoms with van der Waals surface area (Å²) in [4.78, 5) is 0. The van der Waals surface area contributed by atoms with Crippen LogP contribution >= 0.6 is 0 Å². The first-order valence-corrected chi connectivity index (χ1v) is 8.63. The second kappa shape index (κ2) is 9.80. The van der Waals surface area contributed by atoms with Crippen LogP contribution in [-0.2, 0) is 0 Å². The van der Waals surface area contributed by atoms with Gasteiger partial charge in [-0.1, -0.05) is 80.1 Å². The highest BCUT2D eigenvalue weighted by Crippen LogP contribution is 2.39. The van der Waals surface area contributed by atoms with Gasteiger partial charge in [-0.15, -0.1) is 0 Å². The van der Waals surface area contributed by atoms with Crippen LogP contribution in [0.3, 0.4) is 0 Å². The molecule has 1 nitrogen and oxygen atoms in total. The summed E-state index contributed by atoms with van der Waals surface area (Å²) in [6.45, 7) is 13.2. The SMILES string of the molecule is CCCCCCCC(CCC)C(O)(C(C)C)C(C)C. The minimum Gasteiger partial charge on any atom is -0.389 e. The van der Waals surface area contributed by atoms with E-state index in [9.17, 15) is 5.11 Å². The maximum Gasteiger partial charge on any atom is 0.0721 e. The first-order chi connectivity index (χ1) is 8.91. The Bertz CT molecular complexity index is 200. The van der Waals surface area contributed by atoms with Crippen LogP contribution in [0.25, 0.3) is 0 Å². The van der Waals surface area contributed by atoms with Gasteiger partial charge in [-0.3, -0.25) is 0 Å². The van der Waals surface area contributed by atoms with E-state index in [4.69, 9.17) is 0 Å². The smallest absolute Gasteiger partial charge is 0.0721 e. The molecule has 0 aliphatic carbocycles. The average Bonchev–Trinajstić information content (AvgIpc) is 2.35. The van der Waals surface area contributed by atoms with Gasteiger partial charge < -0.3 is 5.11 Å². The zero-order valence-corrected chi connectivity index (χ0v) is 14.3. The van der Waals surface area contributed by atoms with E-state index in [1.807, 2.05) is 0 Å². The monoisotopic (exact) mass is 270 g/mol. The normalized spacial score (nSPS) is 14.4. The van der Waals surface area contributed by atoms with Gasteiger partial charge in [0, 0.05) is 0 Å². The quantitative estimate of drug-likeness (QED) is 0.470. The van der Waals surface area contributed by atoms with Gasteiger partial charge >= 0.3 is 0 Å². The van der Waals surface area contributed by atoms with Crippen molar-refractivity contribution in [3.63, 3.8) is 0 Å². The molecule has 0 aromatic rings. The molecular formula is C18H38O. The fraction of sp³-hybridized carbons (Fsp3) is 1.00. The van der Waals surface area contributed by atoms with E-state index in [-0.39, 0.29) is 0 Å². The highest BCUT2D eigenvalue weighted by Gasteiger charge is 2.41. The first-order valence-electron chi connectivity index (χ1n) is 8.63. The van der Waals surface area contributed by atoms with Gasteiger partial charge in [0.05, 0.1) is 5.60 Å². The maximum atomic E-state index is 11.2. The molecule has 116 valence electrons. The molecule has 0 saturated carbocycles. The Hall–Kier alpha value is -0.0400. The van der Waals surface area contributed by atoms with Crippen LogP contribution in [0.1, 0.15) is 92.9 Å². The standard InChI is InChI=1S/C18H38O/c1-7-9-10-11-12-14-17(13-8-2)18(19,15(3)4)16(5)6/h15-17,19H,7-14H2,1-6H3. The Labute approximate surface area is 122 Å². The van der Waals surface area contributed by atoms with E-state index in [0.29, 0.717) is 17.8 Å². The summed E-state index contributed by atoms with van der Waals surface area (Å²) in [6, 6.07) is 0. The summed E-state index contributed by atoms with van der Waals surface area (Å²) in [5, 5.41) is 11.2. The molecule has 0 saturated heterocycles. The molecular weight excluding hydrogens is 232 g/mol. The van der Waals surface area contributed by atoms with E-state index >= 15 is 0 Å². The van der Waals surface area contributed by atoms with Crippen molar-refractivity contribution in [3.05, 3.63) is 0 Å². The third kappa shape index (κ3) is 5.85. The fourth-order valence-electron chi connectivity index (χ4n) is 3.56. The Kier molecular flexibility index (Phi) is 9.78. The summed E-state index contributed by atoms with van der Waals surface area (Å²) in [5.41, 5.74) is -0.485. The summed E-state index contributed by atoms with van der Waals surface area (Å²) in [7, 11) is 0. The zero-order valence-electron chi connectivity index (χ0n) is 14.3. The summed E-state index contributed by atoms with van der Waals surface area (Å²) in [6.07, 6.45) is 10.2. The summed E-state index contributed by atoms with van der Waals surface area (Å²) >= 11 is 0. The molecule has 1 heteroatoms. The van der Waals surface area contributed by atoms with E-state index < -0.39 is 5.60 Å². The van der Waals surface area contributed by atoms with Gasteiger partial charge in [-0.2, -0.15) is 0 Å². The Morgan fingerprint density at radius 3 is 1.68 bits per heavy atom. The van der Waals surface area contributed by atoms with Gasteiger partial charge in [0.2, 0.25) is 0 Å². The van der Waals surface area contributed by atoms with Crippen molar-refractivity contribution >= 4 is 0 Å². The average molecular weight is 271 g/mol. The molecule has 19 heavy (non-hydrogen) atoms. The Morgan fingerprint density at radius 1 is 0.737 bits per heavy atom. The third-order valence-corrected chi connectivity index (χ3v) is 4.80. The van der Waals surface area contributed by atoms with Crippen LogP contribution in [0.2, 0.25) is 0 Å². The summed E-state index contributed by atoms with van der Waals surface area (Å²) in [5.74, 6) is 1.17. The number of hydrogen-bond acceptors (Lipinski definition) is 1. The van der Waals surface area contributed by atoms with Crippen LogP contribution in [0.5, 0.6) is 0 Å². The van der Waals surface area contributed by atoms with Crippen molar-refractivity contribution < 1.29 is 5.11 Å². The van der Waals surface area contributed by atoms with Crippen molar-refractivity contribution in [1.29, 1.82) is 0 Å². The van der Waals surface area contributed by atoms with E-state index in [2.05, 4.69) is 41.5 Å². The van der Waals surface area contributed by atoms with Crippen molar-refractivity contribution in [2.75, 3.05) is 0 Å². The topological polar surface area (TPSA) is 20.2 Å². The van der Waals surface area contributed by atoms with Gasteiger partial charge in [-0.25, -0.2) is 0 Å². The van der Waals surface area contributed by atoms with E-state index in [1.54, 1.807) is 0 Å². The molecule has 0 aromatic carbocycles.